The third kappa shape index (κ3) is 3.44. The van der Waals surface area contributed by atoms with E-state index in [0.717, 1.165) is 46.3 Å². The van der Waals surface area contributed by atoms with Gasteiger partial charge in [0, 0.05) is 6.61 Å². The number of anilines is 1. The van der Waals surface area contributed by atoms with Crippen molar-refractivity contribution >= 4 is 43.6 Å². The Bertz CT molecular complexity index is 1210. The highest BCUT2D eigenvalue weighted by atomic mass is 32.1. The van der Waals surface area contributed by atoms with Crippen LogP contribution in [-0.2, 0) is 4.74 Å². The summed E-state index contributed by atoms with van der Waals surface area (Å²) in [4.78, 5) is 29.1. The van der Waals surface area contributed by atoms with E-state index in [4.69, 9.17) is 9.72 Å². The lowest BCUT2D eigenvalue weighted by Crippen LogP contribution is -2.38. The zero-order chi connectivity index (χ0) is 20.7. The number of ether oxygens (including phenoxy) is 1. The van der Waals surface area contributed by atoms with E-state index in [1.54, 1.807) is 22.4 Å². The van der Waals surface area contributed by atoms with Crippen LogP contribution in [0.1, 0.15) is 34.5 Å². The number of hydrogen-bond acceptors (Lipinski definition) is 6. The lowest BCUT2D eigenvalue weighted by molar-refractivity contribution is 0.0913. The number of carbonyl (C=O) groups is 1. The summed E-state index contributed by atoms with van der Waals surface area (Å²) < 4.78 is 6.94. The van der Waals surface area contributed by atoms with Gasteiger partial charge in [-0.25, -0.2) is 9.97 Å². The molecule has 1 amide bonds. The minimum absolute atomic E-state index is 0.0107. The zero-order valence-corrected chi connectivity index (χ0v) is 17.8. The highest BCUT2D eigenvalue weighted by Crippen LogP contribution is 2.34. The van der Waals surface area contributed by atoms with Crippen LogP contribution < -0.4 is 4.90 Å². The molecule has 1 fully saturated rings. The SMILES string of the molecule is Cc1ccc(C)c2sc(N(CC3CCCO3)C(=O)c3cnc4ccccc4n3)nc12. The Labute approximate surface area is 178 Å². The number of nitrogens with zero attached hydrogens (tertiary/aromatic N) is 4. The zero-order valence-electron chi connectivity index (χ0n) is 17.0. The fraction of sp³-hybridized carbons (Fsp3) is 0.304. The number of rotatable bonds is 4. The second-order valence-corrected chi connectivity index (χ2v) is 8.65. The molecule has 2 aromatic heterocycles. The van der Waals surface area contributed by atoms with Crippen molar-refractivity contribution in [3.63, 3.8) is 0 Å². The molecule has 3 heterocycles. The van der Waals surface area contributed by atoms with Crippen molar-refractivity contribution in [2.75, 3.05) is 18.1 Å². The molecule has 1 unspecified atom stereocenters. The molecule has 5 rings (SSSR count). The topological polar surface area (TPSA) is 68.2 Å². The smallest absolute Gasteiger partial charge is 0.280 e. The van der Waals surface area contributed by atoms with Crippen molar-refractivity contribution in [3.05, 3.63) is 59.4 Å². The lowest BCUT2D eigenvalue weighted by Gasteiger charge is -2.22. The van der Waals surface area contributed by atoms with E-state index in [1.165, 1.54) is 0 Å². The maximum absolute atomic E-state index is 13.6. The first-order chi connectivity index (χ1) is 14.6. The minimum Gasteiger partial charge on any atom is -0.376 e. The summed E-state index contributed by atoms with van der Waals surface area (Å²) in [5.41, 5.74) is 5.01. The number of hydrogen-bond donors (Lipinski definition) is 0. The average molecular weight is 419 g/mol. The van der Waals surface area contributed by atoms with Crippen LogP contribution in [0, 0.1) is 13.8 Å². The maximum atomic E-state index is 13.6. The molecule has 2 aromatic carbocycles. The Balaban J connectivity index is 1.58. The van der Waals surface area contributed by atoms with Gasteiger partial charge in [0.25, 0.3) is 5.91 Å². The molecular formula is C23H22N4O2S. The van der Waals surface area contributed by atoms with Crippen LogP contribution in [0.5, 0.6) is 0 Å². The predicted octanol–water partition coefficient (Wildman–Crippen LogP) is 4.68. The normalized spacial score (nSPS) is 16.4. The molecule has 0 spiro atoms. The molecule has 4 aromatic rings. The Morgan fingerprint density at radius 1 is 1.13 bits per heavy atom. The van der Waals surface area contributed by atoms with Gasteiger partial charge in [0.15, 0.2) is 5.13 Å². The van der Waals surface area contributed by atoms with E-state index in [1.807, 2.05) is 31.2 Å². The molecule has 0 saturated carbocycles. The first-order valence-corrected chi connectivity index (χ1v) is 10.9. The molecule has 1 saturated heterocycles. The molecule has 1 aliphatic rings. The van der Waals surface area contributed by atoms with Gasteiger partial charge in [-0.15, -0.1) is 0 Å². The van der Waals surface area contributed by atoms with Crippen LogP contribution in [0.25, 0.3) is 21.3 Å². The summed E-state index contributed by atoms with van der Waals surface area (Å²) >= 11 is 1.55. The second kappa shape index (κ2) is 7.74. The van der Waals surface area contributed by atoms with Crippen molar-refractivity contribution in [2.24, 2.45) is 0 Å². The summed E-state index contributed by atoms with van der Waals surface area (Å²) in [6, 6.07) is 11.7. The van der Waals surface area contributed by atoms with Crippen molar-refractivity contribution in [1.82, 2.24) is 15.0 Å². The number of carbonyl (C=O) groups excluding carboxylic acids is 1. The van der Waals surface area contributed by atoms with Crippen LogP contribution in [0.15, 0.2) is 42.6 Å². The van der Waals surface area contributed by atoms with Crippen molar-refractivity contribution in [3.8, 4) is 0 Å². The minimum atomic E-state index is -0.196. The van der Waals surface area contributed by atoms with Crippen molar-refractivity contribution < 1.29 is 9.53 Å². The largest absolute Gasteiger partial charge is 0.376 e. The van der Waals surface area contributed by atoms with E-state index in [9.17, 15) is 4.79 Å². The first kappa shape index (κ1) is 19.1. The third-order valence-corrected chi connectivity index (χ3v) is 6.70. The summed E-state index contributed by atoms with van der Waals surface area (Å²) in [5.74, 6) is -0.196. The molecule has 0 N–H and O–H groups in total. The highest BCUT2D eigenvalue weighted by molar-refractivity contribution is 7.22. The quantitative estimate of drug-likeness (QED) is 0.481. The molecule has 1 atom stereocenters. The number of amides is 1. The summed E-state index contributed by atoms with van der Waals surface area (Å²) in [5, 5.41) is 0.679. The van der Waals surface area contributed by atoms with Crippen molar-refractivity contribution in [1.29, 1.82) is 0 Å². The number of para-hydroxylation sites is 2. The molecule has 6 nitrogen and oxygen atoms in total. The summed E-state index contributed by atoms with van der Waals surface area (Å²) in [6.45, 7) is 5.32. The fourth-order valence-electron chi connectivity index (χ4n) is 3.80. The van der Waals surface area contributed by atoms with E-state index in [-0.39, 0.29) is 12.0 Å². The Morgan fingerprint density at radius 2 is 1.93 bits per heavy atom. The lowest BCUT2D eigenvalue weighted by atomic mass is 10.1. The van der Waals surface area contributed by atoms with Crippen LogP contribution >= 0.6 is 11.3 Å². The van der Waals surface area contributed by atoms with Gasteiger partial charge in [-0.3, -0.25) is 14.7 Å². The molecule has 0 bridgehead atoms. The molecule has 7 heteroatoms. The van der Waals surface area contributed by atoms with Gasteiger partial charge in [0.05, 0.1) is 40.1 Å². The van der Waals surface area contributed by atoms with Gasteiger partial charge < -0.3 is 4.74 Å². The van der Waals surface area contributed by atoms with Crippen LogP contribution in [0.3, 0.4) is 0 Å². The number of aryl methyl sites for hydroxylation is 2. The van der Waals surface area contributed by atoms with E-state index in [0.29, 0.717) is 22.9 Å². The van der Waals surface area contributed by atoms with Gasteiger partial charge in [-0.2, -0.15) is 0 Å². The van der Waals surface area contributed by atoms with Crippen LogP contribution in [0.2, 0.25) is 0 Å². The van der Waals surface area contributed by atoms with Crippen LogP contribution in [-0.4, -0.2) is 40.1 Å². The van der Waals surface area contributed by atoms with Crippen LogP contribution in [0.4, 0.5) is 5.13 Å². The predicted molar refractivity (Wildman–Crippen MR) is 119 cm³/mol. The second-order valence-electron chi connectivity index (χ2n) is 7.67. The van der Waals surface area contributed by atoms with Gasteiger partial charge in [-0.1, -0.05) is 35.6 Å². The van der Waals surface area contributed by atoms with Crippen molar-refractivity contribution in [2.45, 2.75) is 32.8 Å². The Morgan fingerprint density at radius 3 is 2.70 bits per heavy atom. The Hall–Kier alpha value is -2.90. The molecule has 152 valence electrons. The Kier molecular flexibility index (Phi) is 4.92. The maximum Gasteiger partial charge on any atom is 0.280 e. The van der Waals surface area contributed by atoms with E-state index >= 15 is 0 Å². The molecule has 30 heavy (non-hydrogen) atoms. The van der Waals surface area contributed by atoms with Gasteiger partial charge in [0.1, 0.15) is 5.69 Å². The fourth-order valence-corrected chi connectivity index (χ4v) is 4.92. The molecule has 0 aliphatic carbocycles. The molecule has 0 radical (unpaired) electrons. The standard InChI is InChI=1S/C23H22N4O2S/c1-14-9-10-15(2)21-20(14)26-23(30-21)27(13-16-6-5-11-29-16)22(28)19-12-24-17-7-3-4-8-18(17)25-19/h3-4,7-10,12,16H,5-6,11,13H2,1-2H3. The average Bonchev–Trinajstić information content (AvgIpc) is 3.44. The number of aromatic nitrogens is 3. The molecular weight excluding hydrogens is 396 g/mol. The third-order valence-electron chi connectivity index (χ3n) is 5.48. The monoisotopic (exact) mass is 418 g/mol. The molecule has 1 aliphatic heterocycles. The van der Waals surface area contributed by atoms with E-state index < -0.39 is 0 Å². The van der Waals surface area contributed by atoms with Gasteiger partial charge in [0.2, 0.25) is 0 Å². The summed E-state index contributed by atoms with van der Waals surface area (Å²) in [6.07, 6.45) is 3.52. The van der Waals surface area contributed by atoms with Gasteiger partial charge >= 0.3 is 0 Å². The number of fused-ring (bicyclic) bond motifs is 2. The number of benzene rings is 2. The summed E-state index contributed by atoms with van der Waals surface area (Å²) in [7, 11) is 0. The number of thiazole rings is 1. The highest BCUT2D eigenvalue weighted by Gasteiger charge is 2.28. The van der Waals surface area contributed by atoms with Gasteiger partial charge in [-0.05, 0) is 49.9 Å². The van der Waals surface area contributed by atoms with E-state index in [2.05, 4.69) is 29.0 Å². The first-order valence-electron chi connectivity index (χ1n) is 10.1.